The number of primary amides is 2. The standard InChI is InChI=1S/C24H21F3N8O3/c1-11-6-13(22-30-9-15-20(32-22)12(2)7-18(31-15)24(25,26)27)4-5-16(11)34(3)23(38)17-8-14(21(29)37)33-35(17)10-19(28)36/h4-9H,10H2,1-3H3,(H2,28,36)(H2,29,37). The van der Waals surface area contributed by atoms with Crippen molar-refractivity contribution in [2.75, 3.05) is 11.9 Å². The van der Waals surface area contributed by atoms with Crippen molar-refractivity contribution in [3.8, 4) is 11.4 Å². The fourth-order valence-corrected chi connectivity index (χ4v) is 3.90. The number of hydrogen-bond acceptors (Lipinski definition) is 7. The van der Waals surface area contributed by atoms with Crippen molar-refractivity contribution in [3.63, 3.8) is 0 Å². The van der Waals surface area contributed by atoms with Crippen molar-refractivity contribution in [1.82, 2.24) is 24.7 Å². The van der Waals surface area contributed by atoms with Gasteiger partial charge in [-0.25, -0.2) is 19.6 Å². The number of hydrogen-bond donors (Lipinski definition) is 2. The molecular weight excluding hydrogens is 505 g/mol. The molecule has 3 heterocycles. The average molecular weight is 526 g/mol. The Morgan fingerprint density at radius 2 is 1.74 bits per heavy atom. The molecule has 3 aromatic heterocycles. The molecule has 1 aromatic carbocycles. The molecule has 3 amide bonds. The lowest BCUT2D eigenvalue weighted by Gasteiger charge is -2.20. The Hall–Kier alpha value is -4.88. The molecule has 0 unspecified atom stereocenters. The number of anilines is 1. The van der Waals surface area contributed by atoms with E-state index in [0.717, 1.165) is 10.7 Å². The Bertz CT molecular complexity index is 1610. The first-order chi connectivity index (χ1) is 17.8. The van der Waals surface area contributed by atoms with Crippen LogP contribution in [0.5, 0.6) is 0 Å². The summed E-state index contributed by atoms with van der Waals surface area (Å²) in [7, 11) is 1.50. The molecule has 0 fully saturated rings. The Morgan fingerprint density at radius 1 is 1.03 bits per heavy atom. The molecule has 196 valence electrons. The van der Waals surface area contributed by atoms with Crippen molar-refractivity contribution in [1.29, 1.82) is 0 Å². The Balaban J connectivity index is 1.67. The van der Waals surface area contributed by atoms with E-state index in [0.29, 0.717) is 22.4 Å². The van der Waals surface area contributed by atoms with Crippen LogP contribution in [0.4, 0.5) is 18.9 Å². The maximum absolute atomic E-state index is 13.2. The summed E-state index contributed by atoms with van der Waals surface area (Å²) in [6.45, 7) is 2.82. The number of aromatic nitrogens is 5. The topological polar surface area (TPSA) is 163 Å². The first kappa shape index (κ1) is 26.2. The van der Waals surface area contributed by atoms with E-state index in [1.807, 2.05) is 0 Å². The Kier molecular flexibility index (Phi) is 6.57. The largest absolute Gasteiger partial charge is 0.433 e. The SMILES string of the molecule is Cc1cc(-c2ncc3nc(C(F)(F)F)cc(C)c3n2)ccc1N(C)C(=O)c1cc(C(N)=O)nn1CC(N)=O. The van der Waals surface area contributed by atoms with Crippen LogP contribution in [-0.2, 0) is 17.5 Å². The molecule has 0 aliphatic carbocycles. The van der Waals surface area contributed by atoms with Crippen LogP contribution < -0.4 is 16.4 Å². The Morgan fingerprint density at radius 3 is 2.34 bits per heavy atom. The summed E-state index contributed by atoms with van der Waals surface area (Å²) in [6.07, 6.45) is -3.36. The van der Waals surface area contributed by atoms with Crippen molar-refractivity contribution in [3.05, 3.63) is 64.7 Å². The summed E-state index contributed by atoms with van der Waals surface area (Å²) in [4.78, 5) is 49.7. The molecule has 4 N–H and O–H groups in total. The van der Waals surface area contributed by atoms with Gasteiger partial charge in [-0.2, -0.15) is 18.3 Å². The summed E-state index contributed by atoms with van der Waals surface area (Å²) < 4.78 is 40.3. The Labute approximate surface area is 213 Å². The normalized spacial score (nSPS) is 11.5. The lowest BCUT2D eigenvalue weighted by Crippen LogP contribution is -2.31. The number of carbonyl (C=O) groups excluding carboxylic acids is 3. The number of benzene rings is 1. The number of nitrogens with two attached hydrogens (primary N) is 2. The summed E-state index contributed by atoms with van der Waals surface area (Å²) in [5, 5.41) is 3.88. The van der Waals surface area contributed by atoms with Crippen molar-refractivity contribution >= 4 is 34.4 Å². The van der Waals surface area contributed by atoms with Gasteiger partial charge < -0.3 is 16.4 Å². The second kappa shape index (κ2) is 9.53. The summed E-state index contributed by atoms with van der Waals surface area (Å²) in [6, 6.07) is 7.11. The molecule has 0 radical (unpaired) electrons. The number of rotatable bonds is 6. The van der Waals surface area contributed by atoms with Gasteiger partial charge in [-0.05, 0) is 49.2 Å². The lowest BCUT2D eigenvalue weighted by atomic mass is 10.1. The van der Waals surface area contributed by atoms with Gasteiger partial charge in [0.2, 0.25) is 5.91 Å². The smallest absolute Gasteiger partial charge is 0.368 e. The highest BCUT2D eigenvalue weighted by molar-refractivity contribution is 6.06. The van der Waals surface area contributed by atoms with Crippen LogP contribution in [0.2, 0.25) is 0 Å². The molecule has 0 aliphatic rings. The van der Waals surface area contributed by atoms with Gasteiger partial charge in [-0.15, -0.1) is 0 Å². The number of pyridine rings is 1. The first-order valence-electron chi connectivity index (χ1n) is 11.0. The molecule has 0 saturated carbocycles. The van der Waals surface area contributed by atoms with E-state index in [4.69, 9.17) is 11.5 Å². The van der Waals surface area contributed by atoms with E-state index < -0.39 is 36.1 Å². The van der Waals surface area contributed by atoms with E-state index in [1.54, 1.807) is 25.1 Å². The van der Waals surface area contributed by atoms with Gasteiger partial charge in [0.25, 0.3) is 11.8 Å². The number of fused-ring (bicyclic) bond motifs is 1. The number of halogens is 3. The van der Waals surface area contributed by atoms with Crippen LogP contribution in [0.1, 0.15) is 37.8 Å². The van der Waals surface area contributed by atoms with E-state index >= 15 is 0 Å². The summed E-state index contributed by atoms with van der Waals surface area (Å²) in [5.74, 6) is -1.96. The van der Waals surface area contributed by atoms with Gasteiger partial charge in [0, 0.05) is 24.4 Å². The van der Waals surface area contributed by atoms with Gasteiger partial charge in [-0.1, -0.05) is 0 Å². The molecule has 0 bridgehead atoms. The number of alkyl halides is 3. The number of aryl methyl sites for hydroxylation is 2. The molecule has 0 spiro atoms. The predicted molar refractivity (Wildman–Crippen MR) is 130 cm³/mol. The fourth-order valence-electron chi connectivity index (χ4n) is 3.90. The molecule has 38 heavy (non-hydrogen) atoms. The molecule has 11 nitrogen and oxygen atoms in total. The second-order valence-corrected chi connectivity index (χ2v) is 8.52. The fraction of sp³-hybridized carbons (Fsp3) is 0.208. The molecule has 14 heteroatoms. The zero-order valence-electron chi connectivity index (χ0n) is 20.4. The zero-order valence-corrected chi connectivity index (χ0v) is 20.4. The minimum Gasteiger partial charge on any atom is -0.368 e. The van der Waals surface area contributed by atoms with Crippen molar-refractivity contribution < 1.29 is 27.6 Å². The maximum atomic E-state index is 13.2. The number of amides is 3. The molecule has 0 saturated heterocycles. The second-order valence-electron chi connectivity index (χ2n) is 8.52. The number of nitrogens with zero attached hydrogens (tertiary/aromatic N) is 6. The molecule has 0 aliphatic heterocycles. The third-order valence-corrected chi connectivity index (χ3v) is 5.71. The monoisotopic (exact) mass is 526 g/mol. The van der Waals surface area contributed by atoms with Gasteiger partial charge in [0.05, 0.1) is 11.7 Å². The molecule has 4 aromatic rings. The predicted octanol–water partition coefficient (Wildman–Crippen LogP) is 2.38. The summed E-state index contributed by atoms with van der Waals surface area (Å²) in [5.41, 5.74) is 11.5. The van der Waals surface area contributed by atoms with Crippen LogP contribution in [0.15, 0.2) is 36.5 Å². The van der Waals surface area contributed by atoms with E-state index in [-0.39, 0.29) is 28.2 Å². The molecule has 4 rings (SSSR count). The van der Waals surface area contributed by atoms with E-state index in [1.165, 1.54) is 31.1 Å². The van der Waals surface area contributed by atoms with E-state index in [2.05, 4.69) is 20.1 Å². The van der Waals surface area contributed by atoms with Gasteiger partial charge in [0.1, 0.15) is 23.4 Å². The minimum atomic E-state index is -4.59. The van der Waals surface area contributed by atoms with Gasteiger partial charge in [-0.3, -0.25) is 14.4 Å². The minimum absolute atomic E-state index is 0.0163. The van der Waals surface area contributed by atoms with Crippen molar-refractivity contribution in [2.24, 2.45) is 11.5 Å². The zero-order chi connectivity index (χ0) is 27.9. The van der Waals surface area contributed by atoms with Crippen LogP contribution in [0.3, 0.4) is 0 Å². The number of carbonyl (C=O) groups is 3. The third-order valence-electron chi connectivity index (χ3n) is 5.71. The molecular formula is C24H21F3N8O3. The van der Waals surface area contributed by atoms with Crippen LogP contribution in [0.25, 0.3) is 22.4 Å². The average Bonchev–Trinajstić information content (AvgIpc) is 3.25. The summed E-state index contributed by atoms with van der Waals surface area (Å²) >= 11 is 0. The highest BCUT2D eigenvalue weighted by atomic mass is 19.4. The first-order valence-corrected chi connectivity index (χ1v) is 11.0. The quantitative estimate of drug-likeness (QED) is 0.390. The molecule has 0 atom stereocenters. The van der Waals surface area contributed by atoms with Crippen molar-refractivity contribution in [2.45, 2.75) is 26.6 Å². The van der Waals surface area contributed by atoms with Crippen LogP contribution in [-0.4, -0.2) is 49.5 Å². The third kappa shape index (κ3) is 5.00. The maximum Gasteiger partial charge on any atom is 0.433 e. The van der Waals surface area contributed by atoms with Gasteiger partial charge >= 0.3 is 6.18 Å². The highest BCUT2D eigenvalue weighted by Crippen LogP contribution is 2.31. The van der Waals surface area contributed by atoms with Crippen LogP contribution in [0, 0.1) is 13.8 Å². The van der Waals surface area contributed by atoms with E-state index in [9.17, 15) is 27.6 Å². The van der Waals surface area contributed by atoms with Gasteiger partial charge in [0.15, 0.2) is 11.5 Å². The lowest BCUT2D eigenvalue weighted by molar-refractivity contribution is -0.141. The highest BCUT2D eigenvalue weighted by Gasteiger charge is 2.33. The van der Waals surface area contributed by atoms with Crippen LogP contribution >= 0.6 is 0 Å².